The lowest BCUT2D eigenvalue weighted by Crippen LogP contribution is -2.58. The first-order chi connectivity index (χ1) is 13.5. The lowest BCUT2D eigenvalue weighted by Gasteiger charge is -2.45. The summed E-state index contributed by atoms with van der Waals surface area (Å²) in [6.45, 7) is 0.519. The quantitative estimate of drug-likeness (QED) is 0.760. The zero-order valence-electron chi connectivity index (χ0n) is 15.3. The molecule has 1 amide bonds. The van der Waals surface area contributed by atoms with E-state index in [4.69, 9.17) is 15.2 Å². The number of hydrogen-bond donors (Lipinski definition) is 1. The molecular formula is C20H19FN4O3. The van der Waals surface area contributed by atoms with Crippen LogP contribution in [0.15, 0.2) is 41.5 Å². The lowest BCUT2D eigenvalue weighted by molar-refractivity contribution is -0.151. The third-order valence-corrected chi connectivity index (χ3v) is 5.68. The van der Waals surface area contributed by atoms with E-state index in [-0.39, 0.29) is 18.0 Å². The number of nitrogens with zero attached hydrogens (tertiary/aromatic N) is 3. The van der Waals surface area contributed by atoms with Crippen LogP contribution in [0.3, 0.4) is 0 Å². The van der Waals surface area contributed by atoms with Crippen LogP contribution in [0, 0.1) is 5.95 Å². The van der Waals surface area contributed by atoms with Crippen LogP contribution in [-0.2, 0) is 15.1 Å². The first-order valence-corrected chi connectivity index (χ1v) is 9.19. The molecule has 0 radical (unpaired) electrons. The van der Waals surface area contributed by atoms with Crippen molar-refractivity contribution in [2.75, 3.05) is 13.7 Å². The molecule has 3 aliphatic heterocycles. The van der Waals surface area contributed by atoms with Crippen molar-refractivity contribution in [3.05, 3.63) is 48.0 Å². The third kappa shape index (κ3) is 2.21. The van der Waals surface area contributed by atoms with E-state index in [9.17, 15) is 9.18 Å². The number of aliphatic imine (C=N–C) groups is 1. The van der Waals surface area contributed by atoms with Gasteiger partial charge in [-0.3, -0.25) is 9.69 Å². The van der Waals surface area contributed by atoms with Crippen LogP contribution in [0.4, 0.5) is 4.39 Å². The molecule has 4 heterocycles. The Hall–Kier alpha value is -3.00. The maximum Gasteiger partial charge on any atom is 0.264 e. The van der Waals surface area contributed by atoms with Crippen molar-refractivity contribution in [2.24, 2.45) is 10.7 Å². The number of likely N-dealkylation sites (N-methyl/N-ethyl adjacent to an activating group) is 1. The second-order valence-corrected chi connectivity index (χ2v) is 7.24. The lowest BCUT2D eigenvalue weighted by atomic mass is 9.76. The number of nitrogens with two attached hydrogens (primary N) is 1. The predicted molar refractivity (Wildman–Crippen MR) is 99.1 cm³/mol. The van der Waals surface area contributed by atoms with Gasteiger partial charge in [0.05, 0.1) is 0 Å². The van der Waals surface area contributed by atoms with Crippen LogP contribution in [0.25, 0.3) is 11.1 Å². The van der Waals surface area contributed by atoms with Crippen molar-refractivity contribution in [3.63, 3.8) is 0 Å². The molecule has 1 aromatic heterocycles. The van der Waals surface area contributed by atoms with Crippen LogP contribution in [0.1, 0.15) is 18.4 Å². The van der Waals surface area contributed by atoms with Crippen molar-refractivity contribution in [2.45, 2.75) is 30.6 Å². The number of rotatable bonds is 1. The summed E-state index contributed by atoms with van der Waals surface area (Å²) in [6, 6.07) is 8.54. The molecule has 8 heteroatoms. The number of carbonyl (C=O) groups is 1. The van der Waals surface area contributed by atoms with E-state index in [1.807, 2.05) is 0 Å². The highest BCUT2D eigenvalue weighted by molar-refractivity contribution is 6.08. The fraction of sp³-hybridized carbons (Fsp3) is 0.350. The molecular weight excluding hydrogens is 363 g/mol. The molecule has 0 saturated carbocycles. The zero-order chi connectivity index (χ0) is 19.5. The van der Waals surface area contributed by atoms with Gasteiger partial charge in [0.15, 0.2) is 5.96 Å². The smallest absolute Gasteiger partial charge is 0.264 e. The molecule has 1 fully saturated rings. The van der Waals surface area contributed by atoms with Crippen molar-refractivity contribution < 1.29 is 18.7 Å². The van der Waals surface area contributed by atoms with Crippen LogP contribution in [0.2, 0.25) is 0 Å². The first-order valence-electron chi connectivity index (χ1n) is 9.19. The minimum absolute atomic E-state index is 0.128. The normalized spacial score (nSPS) is 28.6. The third-order valence-electron chi connectivity index (χ3n) is 5.68. The number of halogens is 1. The Labute approximate surface area is 161 Å². The number of ether oxygens (including phenoxy) is 2. The predicted octanol–water partition coefficient (Wildman–Crippen LogP) is 1.81. The SMILES string of the molecule is CN1C(=O)C2(N=C1N)c1cc(-c3cccnc3F)ccc1OC1CCCOC12. The zero-order valence-corrected chi connectivity index (χ0v) is 15.3. The average molecular weight is 382 g/mol. The summed E-state index contributed by atoms with van der Waals surface area (Å²) < 4.78 is 26.4. The van der Waals surface area contributed by atoms with Gasteiger partial charge in [-0.25, -0.2) is 9.98 Å². The summed E-state index contributed by atoms with van der Waals surface area (Å²) >= 11 is 0. The maximum absolute atomic E-state index is 14.3. The van der Waals surface area contributed by atoms with E-state index in [0.717, 1.165) is 12.8 Å². The van der Waals surface area contributed by atoms with Gasteiger partial charge in [0.2, 0.25) is 11.5 Å². The Bertz CT molecular complexity index is 1010. The molecule has 0 aliphatic carbocycles. The number of hydrogen-bond acceptors (Lipinski definition) is 6. The molecule has 1 spiro atoms. The molecule has 2 N–H and O–H groups in total. The molecule has 1 saturated heterocycles. The topological polar surface area (TPSA) is 90.0 Å². The van der Waals surface area contributed by atoms with Gasteiger partial charge in [-0.05, 0) is 42.7 Å². The van der Waals surface area contributed by atoms with E-state index >= 15 is 0 Å². The van der Waals surface area contributed by atoms with Crippen LogP contribution in [0.5, 0.6) is 5.75 Å². The molecule has 2 aromatic rings. The Balaban J connectivity index is 1.74. The molecule has 7 nitrogen and oxygen atoms in total. The number of carbonyl (C=O) groups excluding carboxylic acids is 1. The summed E-state index contributed by atoms with van der Waals surface area (Å²) in [4.78, 5) is 23.0. The molecule has 3 unspecified atom stereocenters. The van der Waals surface area contributed by atoms with Crippen molar-refractivity contribution in [1.82, 2.24) is 9.88 Å². The largest absolute Gasteiger partial charge is 0.487 e. The second-order valence-electron chi connectivity index (χ2n) is 7.24. The van der Waals surface area contributed by atoms with E-state index in [1.165, 1.54) is 11.1 Å². The molecule has 3 atom stereocenters. The molecule has 0 bridgehead atoms. The van der Waals surface area contributed by atoms with E-state index < -0.39 is 17.6 Å². The van der Waals surface area contributed by atoms with Gasteiger partial charge in [0.1, 0.15) is 18.0 Å². The van der Waals surface area contributed by atoms with Crippen molar-refractivity contribution in [1.29, 1.82) is 0 Å². The van der Waals surface area contributed by atoms with Gasteiger partial charge in [-0.15, -0.1) is 0 Å². The van der Waals surface area contributed by atoms with Gasteiger partial charge in [0.25, 0.3) is 5.91 Å². The van der Waals surface area contributed by atoms with Crippen LogP contribution < -0.4 is 10.5 Å². The number of guanidine groups is 1. The van der Waals surface area contributed by atoms with Gasteiger partial charge < -0.3 is 15.2 Å². The second kappa shape index (κ2) is 6.00. The first kappa shape index (κ1) is 17.1. The highest BCUT2D eigenvalue weighted by Gasteiger charge is 2.61. The molecule has 5 rings (SSSR count). The fourth-order valence-electron chi connectivity index (χ4n) is 4.30. The summed E-state index contributed by atoms with van der Waals surface area (Å²) in [5, 5.41) is 0. The van der Waals surface area contributed by atoms with E-state index in [2.05, 4.69) is 9.98 Å². The number of aromatic nitrogens is 1. The van der Waals surface area contributed by atoms with Gasteiger partial charge in [-0.1, -0.05) is 6.07 Å². The van der Waals surface area contributed by atoms with Crippen molar-refractivity contribution in [3.8, 4) is 16.9 Å². The summed E-state index contributed by atoms with van der Waals surface area (Å²) in [6.07, 6.45) is 2.11. The maximum atomic E-state index is 14.3. The van der Waals surface area contributed by atoms with E-state index in [1.54, 1.807) is 37.4 Å². The minimum atomic E-state index is -1.33. The fourth-order valence-corrected chi connectivity index (χ4v) is 4.30. The highest BCUT2D eigenvalue weighted by atomic mass is 19.1. The Morgan fingerprint density at radius 2 is 2.21 bits per heavy atom. The number of amides is 1. The highest BCUT2D eigenvalue weighted by Crippen LogP contribution is 2.49. The van der Waals surface area contributed by atoms with Crippen LogP contribution in [-0.4, -0.2) is 47.6 Å². The molecule has 1 aromatic carbocycles. The van der Waals surface area contributed by atoms with Crippen molar-refractivity contribution >= 4 is 11.9 Å². The number of fused-ring (bicyclic) bond motifs is 4. The standard InChI is InChI=1S/C20H19FN4O3/c1-25-18(26)20(24-19(25)22)13-10-11(12-4-2-8-23-17(12)21)6-7-14(13)28-15-5-3-9-27-16(15)20/h2,4,6-8,10,15-16H,3,5,9H2,1H3,(H2,22,24). The molecule has 3 aliphatic rings. The minimum Gasteiger partial charge on any atom is -0.487 e. The van der Waals surface area contributed by atoms with Gasteiger partial charge >= 0.3 is 0 Å². The van der Waals surface area contributed by atoms with Gasteiger partial charge in [-0.2, -0.15) is 4.39 Å². The summed E-state index contributed by atoms with van der Waals surface area (Å²) in [7, 11) is 1.59. The number of pyridine rings is 1. The monoisotopic (exact) mass is 382 g/mol. The summed E-state index contributed by atoms with van der Waals surface area (Å²) in [5.41, 5.74) is 6.14. The van der Waals surface area contributed by atoms with E-state index in [0.29, 0.717) is 29.0 Å². The Morgan fingerprint density at radius 3 is 2.96 bits per heavy atom. The van der Waals surface area contributed by atoms with Crippen LogP contribution >= 0.6 is 0 Å². The summed E-state index contributed by atoms with van der Waals surface area (Å²) in [5.74, 6) is -0.183. The number of benzene rings is 1. The Morgan fingerprint density at radius 1 is 1.36 bits per heavy atom. The Kier molecular flexibility index (Phi) is 3.67. The van der Waals surface area contributed by atoms with Gasteiger partial charge in [0, 0.05) is 31.0 Å². The molecule has 144 valence electrons. The average Bonchev–Trinajstić information content (AvgIpc) is 2.93. The molecule has 28 heavy (non-hydrogen) atoms.